The molecule has 0 spiro atoms. The zero-order valence-corrected chi connectivity index (χ0v) is 37.8. The number of esters is 1. The second-order valence-corrected chi connectivity index (χ2v) is 15.9. The van der Waals surface area contributed by atoms with E-state index >= 15 is 0 Å². The number of nitrogens with two attached hydrogens (primary N) is 2. The molecule has 0 bridgehead atoms. The lowest BCUT2D eigenvalue weighted by Crippen LogP contribution is -2.28. The molecule has 0 saturated carbocycles. The Balaban J connectivity index is 1.40. The van der Waals surface area contributed by atoms with Crippen LogP contribution in [0.4, 0.5) is 22.4 Å². The van der Waals surface area contributed by atoms with Gasteiger partial charge in [-0.2, -0.15) is 10.2 Å². The van der Waals surface area contributed by atoms with Crippen molar-refractivity contribution >= 4 is 75.5 Å². The quantitative estimate of drug-likeness (QED) is 0.0452. The number of rotatable bonds is 18. The minimum absolute atomic E-state index is 0.00918. The number of hydrogen-bond donors (Lipinski definition) is 5. The Bertz CT molecular complexity index is 2900. The molecule has 66 heavy (non-hydrogen) atoms. The number of carbonyl (C=O) groups excluding carboxylic acids is 6. The fourth-order valence-electron chi connectivity index (χ4n) is 6.92. The lowest BCUT2D eigenvalue weighted by atomic mass is 10.1. The van der Waals surface area contributed by atoms with Gasteiger partial charge in [0.05, 0.1) is 41.9 Å². The standard InChI is InChI=1S/C43H52N14O9/c1-9-56-29(18-23(3)52-56)38(61)50-41-48-28-20-26(36(45)60)22-46-37(28)55(41)16-12-11-15-54-33-27(19-25(35(44)59)21-30(33)65-17-13-14-31(58)64-8)47-40(54)51-39(62)34-32(24(4)53-57(34)10-2)49-42(63)66-43(5,6)7/h11-12,18-22H,9-10,13-17H2,1-8H3,(H2,44,59)(H2,45,60)(H,49,63)(H,47,51,62)(H,48,50,61)/b12-11+. The Hall–Kier alpha value is -8.11. The van der Waals surface area contributed by atoms with Crippen molar-refractivity contribution < 1.29 is 43.0 Å². The van der Waals surface area contributed by atoms with Crippen molar-refractivity contribution in [2.24, 2.45) is 11.5 Å². The molecule has 0 aliphatic heterocycles. The van der Waals surface area contributed by atoms with Gasteiger partial charge in [0, 0.05) is 44.4 Å². The summed E-state index contributed by atoms with van der Waals surface area (Å²) in [5.41, 5.74) is 13.3. The Morgan fingerprint density at radius 1 is 0.788 bits per heavy atom. The minimum atomic E-state index is -0.827. The lowest BCUT2D eigenvalue weighted by molar-refractivity contribution is -0.140. The Kier molecular flexibility index (Phi) is 14.2. The average molecular weight is 909 g/mol. The summed E-state index contributed by atoms with van der Waals surface area (Å²) in [7, 11) is 1.28. The highest BCUT2D eigenvalue weighted by Gasteiger charge is 2.28. The van der Waals surface area contributed by atoms with Gasteiger partial charge in [-0.1, -0.05) is 12.2 Å². The van der Waals surface area contributed by atoms with E-state index in [4.69, 9.17) is 30.7 Å². The SMILES string of the molecule is CCn1nc(C)cc1C(=O)Nc1nc2cc(C(N)=O)cnc2n1C/C=C/Cn1c(NC(=O)c2c(NC(=O)OC(C)(C)C)c(C)nn2CC)nc2cc(C(N)=O)cc(OCCCC(=O)OC)c21. The van der Waals surface area contributed by atoms with Crippen molar-refractivity contribution in [3.63, 3.8) is 0 Å². The molecule has 6 aromatic rings. The number of aromatic nitrogens is 9. The van der Waals surface area contributed by atoms with Gasteiger partial charge in [0.2, 0.25) is 23.7 Å². The van der Waals surface area contributed by atoms with Crippen LogP contribution in [-0.2, 0) is 40.4 Å². The maximum atomic E-state index is 14.4. The van der Waals surface area contributed by atoms with E-state index in [2.05, 4.69) is 36.1 Å². The molecule has 1 aromatic carbocycles. The van der Waals surface area contributed by atoms with Crippen LogP contribution in [0.25, 0.3) is 22.2 Å². The molecule has 0 radical (unpaired) electrons. The summed E-state index contributed by atoms with van der Waals surface area (Å²) in [4.78, 5) is 91.1. The van der Waals surface area contributed by atoms with E-state index in [9.17, 15) is 28.8 Å². The van der Waals surface area contributed by atoms with E-state index in [1.54, 1.807) is 73.6 Å². The molecule has 0 aliphatic rings. The van der Waals surface area contributed by atoms with E-state index in [0.717, 1.165) is 0 Å². The molecular weight excluding hydrogens is 857 g/mol. The summed E-state index contributed by atoms with van der Waals surface area (Å²) in [5.74, 6) is -2.76. The van der Waals surface area contributed by atoms with Crippen LogP contribution in [0.5, 0.6) is 5.75 Å². The molecule has 0 unspecified atom stereocenters. The number of allylic oxidation sites excluding steroid dienone is 2. The highest BCUT2D eigenvalue weighted by Crippen LogP contribution is 2.32. The van der Waals surface area contributed by atoms with Crippen molar-refractivity contribution in [2.45, 2.75) is 93.1 Å². The average Bonchev–Trinajstić information content (AvgIpc) is 4.00. The van der Waals surface area contributed by atoms with Gasteiger partial charge in [-0.25, -0.2) is 19.7 Å². The number of benzene rings is 1. The fourth-order valence-corrected chi connectivity index (χ4v) is 6.92. The molecule has 0 atom stereocenters. The molecule has 6 rings (SSSR count). The third-order valence-electron chi connectivity index (χ3n) is 9.87. The first-order valence-electron chi connectivity index (χ1n) is 20.9. The van der Waals surface area contributed by atoms with Crippen LogP contribution in [0.1, 0.15) is 101 Å². The second kappa shape index (κ2) is 19.7. The molecule has 23 nitrogen and oxygen atoms in total. The molecule has 5 aromatic heterocycles. The number of primary amides is 2. The second-order valence-electron chi connectivity index (χ2n) is 15.9. The van der Waals surface area contributed by atoms with E-state index in [0.29, 0.717) is 40.3 Å². The third kappa shape index (κ3) is 10.6. The molecule has 0 saturated heterocycles. The summed E-state index contributed by atoms with van der Waals surface area (Å²) in [6.45, 7) is 13.0. The number of nitrogens with one attached hydrogen (secondary N) is 3. The number of ether oxygens (including phenoxy) is 3. The number of hydrogen-bond acceptors (Lipinski definition) is 14. The van der Waals surface area contributed by atoms with Crippen LogP contribution in [0, 0.1) is 13.8 Å². The van der Waals surface area contributed by atoms with Crippen LogP contribution >= 0.6 is 0 Å². The molecular formula is C43H52N14O9. The van der Waals surface area contributed by atoms with E-state index < -0.39 is 41.3 Å². The van der Waals surface area contributed by atoms with Gasteiger partial charge in [0.1, 0.15) is 28.1 Å². The number of carbonyl (C=O) groups is 6. The number of aryl methyl sites for hydroxylation is 4. The van der Waals surface area contributed by atoms with Crippen LogP contribution in [-0.4, -0.2) is 98.7 Å². The fraction of sp³-hybridized carbons (Fsp3) is 0.372. The van der Waals surface area contributed by atoms with Crippen LogP contribution in [0.15, 0.2) is 42.6 Å². The highest BCUT2D eigenvalue weighted by molar-refractivity contribution is 6.09. The summed E-state index contributed by atoms with van der Waals surface area (Å²) in [6.07, 6.45) is 4.36. The number of anilines is 3. The molecule has 23 heteroatoms. The number of nitrogens with zero attached hydrogens (tertiary/aromatic N) is 9. The molecule has 348 valence electrons. The van der Waals surface area contributed by atoms with Gasteiger partial charge in [-0.3, -0.25) is 53.9 Å². The maximum absolute atomic E-state index is 14.4. The summed E-state index contributed by atoms with van der Waals surface area (Å²) >= 11 is 0. The van der Waals surface area contributed by atoms with E-state index in [1.807, 2.05) is 6.92 Å². The lowest BCUT2D eigenvalue weighted by Gasteiger charge is -2.20. The van der Waals surface area contributed by atoms with Crippen molar-refractivity contribution in [3.8, 4) is 5.75 Å². The first-order chi connectivity index (χ1) is 31.3. The van der Waals surface area contributed by atoms with E-state index in [1.165, 1.54) is 36.2 Å². The van der Waals surface area contributed by atoms with E-state index in [-0.39, 0.29) is 84.8 Å². The Morgan fingerprint density at radius 2 is 1.42 bits per heavy atom. The van der Waals surface area contributed by atoms with Gasteiger partial charge in [0.25, 0.3) is 11.8 Å². The first kappa shape index (κ1) is 47.4. The molecule has 7 N–H and O–H groups in total. The molecule has 0 aliphatic carbocycles. The van der Waals surface area contributed by atoms with Crippen molar-refractivity contribution in [3.05, 3.63) is 76.5 Å². The maximum Gasteiger partial charge on any atom is 0.412 e. The predicted molar refractivity (Wildman–Crippen MR) is 241 cm³/mol. The number of imidazole rings is 2. The smallest absolute Gasteiger partial charge is 0.412 e. The number of fused-ring (bicyclic) bond motifs is 2. The summed E-state index contributed by atoms with van der Waals surface area (Å²) in [5, 5.41) is 17.2. The molecule has 5 amide bonds. The topological polar surface area (TPSA) is 302 Å². The van der Waals surface area contributed by atoms with Crippen molar-refractivity contribution in [1.29, 1.82) is 0 Å². The normalized spacial score (nSPS) is 11.6. The van der Waals surface area contributed by atoms with Crippen molar-refractivity contribution in [1.82, 2.24) is 43.6 Å². The number of pyridine rings is 1. The summed E-state index contributed by atoms with van der Waals surface area (Å²) < 4.78 is 22.6. The number of methoxy groups -OCH3 is 1. The first-order valence-corrected chi connectivity index (χ1v) is 20.9. The van der Waals surface area contributed by atoms with Crippen LogP contribution in [0.2, 0.25) is 0 Å². The van der Waals surface area contributed by atoms with Gasteiger partial charge in [-0.15, -0.1) is 0 Å². The number of amides is 5. The van der Waals surface area contributed by atoms with Gasteiger partial charge in [0.15, 0.2) is 11.3 Å². The Labute approximate surface area is 377 Å². The van der Waals surface area contributed by atoms with Crippen molar-refractivity contribution in [2.75, 3.05) is 29.7 Å². The Morgan fingerprint density at radius 3 is 2.08 bits per heavy atom. The predicted octanol–water partition coefficient (Wildman–Crippen LogP) is 4.47. The van der Waals surface area contributed by atoms with Gasteiger partial charge >= 0.3 is 12.1 Å². The highest BCUT2D eigenvalue weighted by atomic mass is 16.6. The van der Waals surface area contributed by atoms with Crippen LogP contribution < -0.4 is 32.2 Å². The monoisotopic (exact) mass is 908 g/mol. The molecule has 0 fully saturated rings. The zero-order valence-electron chi connectivity index (χ0n) is 37.8. The zero-order chi connectivity index (χ0) is 48.0. The minimum Gasteiger partial charge on any atom is -0.491 e. The van der Waals surface area contributed by atoms with Gasteiger partial charge in [-0.05, 0) is 79.2 Å². The largest absolute Gasteiger partial charge is 0.491 e. The van der Waals surface area contributed by atoms with Gasteiger partial charge < -0.3 is 30.2 Å². The molecule has 5 heterocycles. The summed E-state index contributed by atoms with van der Waals surface area (Å²) in [6, 6.07) is 6.02. The third-order valence-corrected chi connectivity index (χ3v) is 9.87. The van der Waals surface area contributed by atoms with Crippen LogP contribution in [0.3, 0.4) is 0 Å².